The van der Waals surface area contributed by atoms with Gasteiger partial charge < -0.3 is 52.8 Å². The van der Waals surface area contributed by atoms with E-state index in [0.717, 1.165) is 0 Å². The summed E-state index contributed by atoms with van der Waals surface area (Å²) in [6.45, 7) is 8.48. The number of carbonyl (C=O) groups is 4. The predicted octanol–water partition coefficient (Wildman–Crippen LogP) is 2.71. The molecule has 0 fully saturated rings. The van der Waals surface area contributed by atoms with E-state index in [4.69, 9.17) is 42.6 Å². The highest BCUT2D eigenvalue weighted by Gasteiger charge is 2.19. The fourth-order valence-electron chi connectivity index (χ4n) is 2.26. The van der Waals surface area contributed by atoms with Gasteiger partial charge in [-0.25, -0.2) is 19.2 Å². The van der Waals surface area contributed by atoms with Crippen LogP contribution in [0.15, 0.2) is 0 Å². The van der Waals surface area contributed by atoms with E-state index in [1.54, 1.807) is 27.7 Å². The van der Waals surface area contributed by atoms with Gasteiger partial charge in [0.2, 0.25) is 0 Å². The molecule has 0 rings (SSSR count). The summed E-state index contributed by atoms with van der Waals surface area (Å²) in [6.07, 6.45) is -7.78. The highest BCUT2D eigenvalue weighted by atomic mass is 16.8. The van der Waals surface area contributed by atoms with Gasteiger partial charge >= 0.3 is 24.6 Å². The largest absolute Gasteiger partial charge is 0.508 e. The number of carbonyl (C=O) groups excluding carboxylic acids is 4. The SMILES string of the molecule is CCC(O)COC(=O)OC(C)COC(=O)OC(C)COCC(C)OC(=O)OCC(C)OC(=O)OCC(O)CC. The summed E-state index contributed by atoms with van der Waals surface area (Å²) in [6, 6.07) is 0. The Kier molecular flexibility index (Phi) is 19.2. The molecule has 39 heavy (non-hydrogen) atoms. The molecule has 6 atom stereocenters. The minimum absolute atomic E-state index is 0.0320. The Hall–Kier alpha value is -3.04. The van der Waals surface area contributed by atoms with Crippen molar-refractivity contribution in [1.82, 2.24) is 0 Å². The highest BCUT2D eigenvalue weighted by molar-refractivity contribution is 5.61. The molecule has 2 N–H and O–H groups in total. The minimum atomic E-state index is -1.01. The average molecular weight is 571 g/mol. The van der Waals surface area contributed by atoms with Crippen molar-refractivity contribution in [3.8, 4) is 0 Å². The number of aliphatic hydroxyl groups is 2. The van der Waals surface area contributed by atoms with Gasteiger partial charge in [-0.15, -0.1) is 0 Å². The molecule has 0 heterocycles. The van der Waals surface area contributed by atoms with Gasteiger partial charge in [0.05, 0.1) is 25.4 Å². The monoisotopic (exact) mass is 570 g/mol. The van der Waals surface area contributed by atoms with Gasteiger partial charge in [0.1, 0.15) is 50.8 Å². The summed E-state index contributed by atoms with van der Waals surface area (Å²) < 4.78 is 44.3. The molecule has 0 bridgehead atoms. The van der Waals surface area contributed by atoms with Crippen molar-refractivity contribution in [1.29, 1.82) is 0 Å². The quantitative estimate of drug-likeness (QED) is 0.180. The van der Waals surface area contributed by atoms with Crippen molar-refractivity contribution < 1.29 is 72.0 Å². The Balaban J connectivity index is 4.00. The zero-order chi connectivity index (χ0) is 29.8. The van der Waals surface area contributed by atoms with Crippen LogP contribution in [0.2, 0.25) is 0 Å². The lowest BCUT2D eigenvalue weighted by Crippen LogP contribution is -2.29. The fraction of sp³-hybridized carbons (Fsp3) is 0.833. The molecule has 15 nitrogen and oxygen atoms in total. The molecular formula is C24H42O15. The van der Waals surface area contributed by atoms with E-state index in [1.165, 1.54) is 13.8 Å². The third-order valence-corrected chi connectivity index (χ3v) is 4.50. The molecule has 0 saturated heterocycles. The summed E-state index contributed by atoms with van der Waals surface area (Å²) in [7, 11) is 0. The first-order chi connectivity index (χ1) is 18.4. The van der Waals surface area contributed by atoms with E-state index >= 15 is 0 Å². The maximum absolute atomic E-state index is 11.8. The van der Waals surface area contributed by atoms with E-state index < -0.39 is 61.2 Å². The molecule has 6 unspecified atom stereocenters. The molecule has 0 radical (unpaired) electrons. The van der Waals surface area contributed by atoms with Crippen molar-refractivity contribution in [3.63, 3.8) is 0 Å². The van der Waals surface area contributed by atoms with Crippen LogP contribution >= 0.6 is 0 Å². The van der Waals surface area contributed by atoms with Gasteiger partial charge in [-0.1, -0.05) is 13.8 Å². The molecule has 0 aromatic carbocycles. The van der Waals surface area contributed by atoms with E-state index in [-0.39, 0.29) is 39.6 Å². The van der Waals surface area contributed by atoms with E-state index in [0.29, 0.717) is 12.8 Å². The van der Waals surface area contributed by atoms with E-state index in [2.05, 4.69) is 0 Å². The molecule has 15 heteroatoms. The third-order valence-electron chi connectivity index (χ3n) is 4.50. The molecule has 0 spiro atoms. The van der Waals surface area contributed by atoms with E-state index in [1.807, 2.05) is 0 Å². The lowest BCUT2D eigenvalue weighted by molar-refractivity contribution is -0.0542. The van der Waals surface area contributed by atoms with Crippen LogP contribution in [0.1, 0.15) is 54.4 Å². The maximum atomic E-state index is 11.8. The minimum Gasteiger partial charge on any atom is -0.432 e. The second-order valence-corrected chi connectivity index (χ2v) is 8.62. The maximum Gasteiger partial charge on any atom is 0.508 e. The molecule has 0 amide bonds. The van der Waals surface area contributed by atoms with Crippen molar-refractivity contribution >= 4 is 24.6 Å². The lowest BCUT2D eigenvalue weighted by Gasteiger charge is -2.18. The van der Waals surface area contributed by atoms with Crippen LogP contribution in [-0.2, 0) is 42.6 Å². The van der Waals surface area contributed by atoms with Crippen LogP contribution in [0.5, 0.6) is 0 Å². The summed E-state index contributed by atoms with van der Waals surface area (Å²) in [5, 5.41) is 18.7. The normalized spacial score (nSPS) is 15.4. The van der Waals surface area contributed by atoms with Crippen LogP contribution in [0.25, 0.3) is 0 Å². The topological polar surface area (TPSA) is 192 Å². The molecule has 0 aromatic rings. The molecule has 0 aliphatic carbocycles. The van der Waals surface area contributed by atoms with Gasteiger partial charge in [0.15, 0.2) is 0 Å². The second-order valence-electron chi connectivity index (χ2n) is 8.62. The Bertz CT molecular complexity index is 658. The van der Waals surface area contributed by atoms with Crippen molar-refractivity contribution in [2.75, 3.05) is 39.6 Å². The summed E-state index contributed by atoms with van der Waals surface area (Å²) in [5.41, 5.74) is 0. The molecule has 0 aromatic heterocycles. The van der Waals surface area contributed by atoms with Crippen LogP contribution in [-0.4, -0.2) is 111 Å². The Morgan fingerprint density at radius 1 is 0.487 bits per heavy atom. The summed E-state index contributed by atoms with van der Waals surface area (Å²) >= 11 is 0. The number of aliphatic hydroxyl groups excluding tert-OH is 2. The number of ether oxygens (including phenoxy) is 9. The number of hydrogen-bond donors (Lipinski definition) is 2. The molecular weight excluding hydrogens is 528 g/mol. The van der Waals surface area contributed by atoms with Gasteiger partial charge in [-0.05, 0) is 40.5 Å². The smallest absolute Gasteiger partial charge is 0.432 e. The fourth-order valence-corrected chi connectivity index (χ4v) is 2.26. The Morgan fingerprint density at radius 2 is 0.744 bits per heavy atom. The van der Waals surface area contributed by atoms with Gasteiger partial charge in [0.25, 0.3) is 0 Å². The van der Waals surface area contributed by atoms with Crippen LogP contribution < -0.4 is 0 Å². The standard InChI is InChI=1S/C24H42O15/c1-7-19(25)13-34-23(29)38-17(5)11-32-21(27)36-15(3)9-31-10-16(4)37-22(28)33-12-18(6)39-24(30)35-14-20(26)8-2/h15-20,25-26H,7-14H2,1-6H3. The Morgan fingerprint density at radius 3 is 1.03 bits per heavy atom. The van der Waals surface area contributed by atoms with Crippen molar-refractivity contribution in [2.24, 2.45) is 0 Å². The van der Waals surface area contributed by atoms with Gasteiger partial charge in [0, 0.05) is 0 Å². The first-order valence-corrected chi connectivity index (χ1v) is 12.6. The molecule has 0 saturated carbocycles. The van der Waals surface area contributed by atoms with Crippen LogP contribution in [0, 0.1) is 0 Å². The lowest BCUT2D eigenvalue weighted by atomic mass is 10.3. The predicted molar refractivity (Wildman–Crippen MR) is 131 cm³/mol. The molecule has 0 aliphatic heterocycles. The van der Waals surface area contributed by atoms with Crippen molar-refractivity contribution in [3.05, 3.63) is 0 Å². The summed E-state index contributed by atoms with van der Waals surface area (Å²) in [4.78, 5) is 46.5. The number of hydrogen-bond acceptors (Lipinski definition) is 15. The third kappa shape index (κ3) is 20.6. The first-order valence-electron chi connectivity index (χ1n) is 12.6. The van der Waals surface area contributed by atoms with Crippen LogP contribution in [0.4, 0.5) is 19.2 Å². The van der Waals surface area contributed by atoms with Crippen molar-refractivity contribution in [2.45, 2.75) is 91.0 Å². The van der Waals surface area contributed by atoms with E-state index in [9.17, 15) is 29.4 Å². The summed E-state index contributed by atoms with van der Waals surface area (Å²) in [5.74, 6) is 0. The zero-order valence-corrected chi connectivity index (χ0v) is 23.3. The number of rotatable bonds is 18. The molecule has 0 aliphatic rings. The highest BCUT2D eigenvalue weighted by Crippen LogP contribution is 2.04. The van der Waals surface area contributed by atoms with Gasteiger partial charge in [-0.2, -0.15) is 0 Å². The average Bonchev–Trinajstić information content (AvgIpc) is 2.87. The zero-order valence-electron chi connectivity index (χ0n) is 23.3. The van der Waals surface area contributed by atoms with Crippen LogP contribution in [0.3, 0.4) is 0 Å². The first kappa shape index (κ1) is 36.0. The second kappa shape index (κ2) is 20.9. The molecule has 228 valence electrons. The van der Waals surface area contributed by atoms with Gasteiger partial charge in [-0.3, -0.25) is 0 Å². The Labute approximate surface area is 227 Å².